The molecule has 0 aliphatic rings. The standard InChI is InChI=1S/C9H13N.CH2O/c1-8-2-4-9(5-3-8)6-7-10;1-2/h2-5H,6-7,10H2,1H3;1H2. The van der Waals surface area contributed by atoms with Crippen molar-refractivity contribution in [3.05, 3.63) is 35.4 Å². The van der Waals surface area contributed by atoms with Crippen LogP contribution in [0.15, 0.2) is 24.3 Å². The van der Waals surface area contributed by atoms with Crippen LogP contribution < -0.4 is 5.73 Å². The van der Waals surface area contributed by atoms with Gasteiger partial charge in [0.15, 0.2) is 0 Å². The molecule has 2 nitrogen and oxygen atoms in total. The molecule has 1 aromatic rings. The third-order valence-corrected chi connectivity index (χ3v) is 1.55. The van der Waals surface area contributed by atoms with Gasteiger partial charge in [0.05, 0.1) is 0 Å². The van der Waals surface area contributed by atoms with E-state index in [2.05, 4.69) is 31.2 Å². The minimum atomic E-state index is 0.739. The smallest absolute Gasteiger partial charge is 0.106 e. The van der Waals surface area contributed by atoms with E-state index in [1.807, 2.05) is 6.79 Å². The summed E-state index contributed by atoms with van der Waals surface area (Å²) in [5.74, 6) is 0. The molecule has 66 valence electrons. The first-order valence-corrected chi connectivity index (χ1v) is 3.87. The molecule has 0 fully saturated rings. The third-order valence-electron chi connectivity index (χ3n) is 1.55. The van der Waals surface area contributed by atoms with E-state index in [1.165, 1.54) is 11.1 Å². The van der Waals surface area contributed by atoms with E-state index >= 15 is 0 Å². The molecule has 0 heterocycles. The molecular formula is C10H15NO. The van der Waals surface area contributed by atoms with Crippen molar-refractivity contribution in [2.45, 2.75) is 13.3 Å². The summed E-state index contributed by atoms with van der Waals surface area (Å²) in [5, 5.41) is 0. The molecule has 0 amide bonds. The summed E-state index contributed by atoms with van der Waals surface area (Å²) < 4.78 is 0. The van der Waals surface area contributed by atoms with Crippen LogP contribution >= 0.6 is 0 Å². The quantitative estimate of drug-likeness (QED) is 0.718. The van der Waals surface area contributed by atoms with Gasteiger partial charge in [-0.3, -0.25) is 0 Å². The molecule has 2 N–H and O–H groups in total. The summed E-state index contributed by atoms with van der Waals surface area (Å²) in [5.41, 5.74) is 8.03. The van der Waals surface area contributed by atoms with E-state index in [0.717, 1.165) is 13.0 Å². The molecule has 0 aromatic heterocycles. The van der Waals surface area contributed by atoms with Gasteiger partial charge in [0.25, 0.3) is 0 Å². The van der Waals surface area contributed by atoms with E-state index in [4.69, 9.17) is 10.5 Å². The lowest BCUT2D eigenvalue weighted by atomic mass is 10.1. The minimum Gasteiger partial charge on any atom is -0.330 e. The van der Waals surface area contributed by atoms with Crippen LogP contribution in [-0.2, 0) is 11.2 Å². The second-order valence-electron chi connectivity index (χ2n) is 2.52. The number of carbonyl (C=O) groups is 1. The lowest BCUT2D eigenvalue weighted by molar-refractivity contribution is -0.0979. The van der Waals surface area contributed by atoms with Crippen molar-refractivity contribution in [2.24, 2.45) is 5.73 Å². The van der Waals surface area contributed by atoms with Crippen molar-refractivity contribution >= 4 is 6.79 Å². The lowest BCUT2D eigenvalue weighted by Gasteiger charge is -1.97. The fourth-order valence-electron chi connectivity index (χ4n) is 0.921. The highest BCUT2D eigenvalue weighted by atomic mass is 16.1. The van der Waals surface area contributed by atoms with Crippen LogP contribution in [0, 0.1) is 6.92 Å². The zero-order valence-electron chi connectivity index (χ0n) is 7.42. The number of rotatable bonds is 2. The first kappa shape index (κ1) is 10.8. The largest absolute Gasteiger partial charge is 0.330 e. The van der Waals surface area contributed by atoms with Gasteiger partial charge < -0.3 is 10.5 Å². The Labute approximate surface area is 73.4 Å². The highest BCUT2D eigenvalue weighted by Gasteiger charge is 1.88. The highest BCUT2D eigenvalue weighted by molar-refractivity contribution is 5.21. The zero-order valence-corrected chi connectivity index (χ0v) is 7.42. The molecule has 0 aliphatic heterocycles. The maximum Gasteiger partial charge on any atom is 0.106 e. The SMILES string of the molecule is C=O.Cc1ccc(CCN)cc1. The van der Waals surface area contributed by atoms with Crippen LogP contribution in [0.25, 0.3) is 0 Å². The van der Waals surface area contributed by atoms with Crippen molar-refractivity contribution in [1.29, 1.82) is 0 Å². The maximum atomic E-state index is 8.00. The van der Waals surface area contributed by atoms with E-state index < -0.39 is 0 Å². The topological polar surface area (TPSA) is 43.1 Å². The second-order valence-corrected chi connectivity index (χ2v) is 2.52. The number of benzene rings is 1. The fraction of sp³-hybridized carbons (Fsp3) is 0.300. The molecule has 0 spiro atoms. The molecule has 2 heteroatoms. The molecule has 12 heavy (non-hydrogen) atoms. The zero-order chi connectivity index (χ0) is 9.40. The molecule has 0 bridgehead atoms. The van der Waals surface area contributed by atoms with Gasteiger partial charge in [0.1, 0.15) is 6.79 Å². The predicted octanol–water partition coefficient (Wildman–Crippen LogP) is 1.31. The number of aryl methyl sites for hydroxylation is 1. The summed E-state index contributed by atoms with van der Waals surface area (Å²) in [7, 11) is 0. The van der Waals surface area contributed by atoms with E-state index in [9.17, 15) is 0 Å². The first-order valence-electron chi connectivity index (χ1n) is 3.87. The number of hydrogen-bond acceptors (Lipinski definition) is 2. The molecule has 0 saturated carbocycles. The van der Waals surface area contributed by atoms with E-state index in [-0.39, 0.29) is 0 Å². The van der Waals surface area contributed by atoms with E-state index in [0.29, 0.717) is 0 Å². The van der Waals surface area contributed by atoms with Crippen LogP contribution in [0.1, 0.15) is 11.1 Å². The van der Waals surface area contributed by atoms with Gasteiger partial charge in [-0.2, -0.15) is 0 Å². The van der Waals surface area contributed by atoms with Crippen LogP contribution in [0.4, 0.5) is 0 Å². The summed E-state index contributed by atoms with van der Waals surface area (Å²) >= 11 is 0. The van der Waals surface area contributed by atoms with Gasteiger partial charge in [0.2, 0.25) is 0 Å². The molecular weight excluding hydrogens is 150 g/mol. The van der Waals surface area contributed by atoms with Crippen LogP contribution in [0.2, 0.25) is 0 Å². The van der Waals surface area contributed by atoms with Gasteiger partial charge in [-0.25, -0.2) is 0 Å². The van der Waals surface area contributed by atoms with Crippen molar-refractivity contribution in [1.82, 2.24) is 0 Å². The Morgan fingerprint density at radius 2 is 1.75 bits per heavy atom. The summed E-state index contributed by atoms with van der Waals surface area (Å²) in [6.07, 6.45) is 0.986. The fourth-order valence-corrected chi connectivity index (χ4v) is 0.921. The molecule has 1 rings (SSSR count). The average molecular weight is 165 g/mol. The third kappa shape index (κ3) is 3.88. The Kier molecular flexibility index (Phi) is 5.93. The first-order chi connectivity index (χ1) is 5.83. The average Bonchev–Trinajstić information content (AvgIpc) is 2.13. The van der Waals surface area contributed by atoms with Gasteiger partial charge in [0, 0.05) is 0 Å². The van der Waals surface area contributed by atoms with Crippen LogP contribution in [0.3, 0.4) is 0 Å². The number of carbonyl (C=O) groups excluding carboxylic acids is 1. The molecule has 0 radical (unpaired) electrons. The summed E-state index contributed by atoms with van der Waals surface area (Å²) in [6, 6.07) is 8.49. The normalized spacial score (nSPS) is 8.50. The Hall–Kier alpha value is -1.15. The Bertz CT molecular complexity index is 206. The molecule has 1 aromatic carbocycles. The molecule has 0 atom stereocenters. The minimum absolute atomic E-state index is 0.739. The number of nitrogens with two attached hydrogens (primary N) is 1. The van der Waals surface area contributed by atoms with E-state index in [1.54, 1.807) is 0 Å². The predicted molar refractivity (Wildman–Crippen MR) is 51.1 cm³/mol. The lowest BCUT2D eigenvalue weighted by Crippen LogP contribution is -2.02. The molecule has 0 aliphatic carbocycles. The van der Waals surface area contributed by atoms with Gasteiger partial charge in [-0.15, -0.1) is 0 Å². The Morgan fingerprint density at radius 1 is 1.25 bits per heavy atom. The Balaban J connectivity index is 0.000000561. The van der Waals surface area contributed by atoms with Crippen molar-refractivity contribution in [3.63, 3.8) is 0 Å². The van der Waals surface area contributed by atoms with Crippen LogP contribution in [-0.4, -0.2) is 13.3 Å². The number of hydrogen-bond donors (Lipinski definition) is 1. The molecule has 0 saturated heterocycles. The maximum absolute atomic E-state index is 8.00. The monoisotopic (exact) mass is 165 g/mol. The second kappa shape index (κ2) is 6.55. The van der Waals surface area contributed by atoms with Gasteiger partial charge >= 0.3 is 0 Å². The molecule has 0 unspecified atom stereocenters. The van der Waals surface area contributed by atoms with Crippen LogP contribution in [0.5, 0.6) is 0 Å². The van der Waals surface area contributed by atoms with Gasteiger partial charge in [-0.1, -0.05) is 29.8 Å². The summed E-state index contributed by atoms with van der Waals surface area (Å²) in [6.45, 7) is 4.83. The highest BCUT2D eigenvalue weighted by Crippen LogP contribution is 2.02. The van der Waals surface area contributed by atoms with Crippen molar-refractivity contribution in [2.75, 3.05) is 6.54 Å². The summed E-state index contributed by atoms with van der Waals surface area (Å²) in [4.78, 5) is 8.00. The van der Waals surface area contributed by atoms with Crippen molar-refractivity contribution < 1.29 is 4.79 Å². The van der Waals surface area contributed by atoms with Crippen molar-refractivity contribution in [3.8, 4) is 0 Å². The van der Waals surface area contributed by atoms with Gasteiger partial charge in [-0.05, 0) is 25.5 Å². The Morgan fingerprint density at radius 3 is 2.17 bits per heavy atom.